The Hall–Kier alpha value is -2.77. The molecule has 0 aliphatic heterocycles. The van der Waals surface area contributed by atoms with Gasteiger partial charge in [0.2, 0.25) is 17.7 Å². The molecule has 0 aromatic heterocycles. The Morgan fingerprint density at radius 1 is 0.893 bits per heavy atom. The number of carbonyl (C=O) groups is 5. The molecule has 5 atom stereocenters. The van der Waals surface area contributed by atoms with Gasteiger partial charge in [-0.25, -0.2) is 4.79 Å². The number of nitrogens with two attached hydrogens (primary N) is 1. The van der Waals surface area contributed by atoms with Crippen LogP contribution in [0.2, 0.25) is 0 Å². The highest BCUT2D eigenvalue weighted by Gasteiger charge is 2.31. The Labute approximate surface area is 160 Å². The fourth-order valence-electron chi connectivity index (χ4n) is 1.95. The molecule has 0 aliphatic carbocycles. The summed E-state index contributed by atoms with van der Waals surface area (Å²) in [6.45, 7) is 1.63. The topological polar surface area (TPSA) is 228 Å². The minimum absolute atomic E-state index is 0.404. The zero-order valence-electron chi connectivity index (χ0n) is 15.4. The standard InChI is InChI=1S/C15H26N4O9/c1-6(16)12(24)18-9(5-20)14(26)17-8(3-4-10(22)23)13(25)19-11(7(2)21)15(27)28/h6-9,11,20-21H,3-5,16H2,1-2H3,(H,17,26)(H,18,24)(H,19,25)(H,22,23)(H,27,28). The molecule has 0 bridgehead atoms. The number of aliphatic carboxylic acids is 2. The maximum atomic E-state index is 12.3. The maximum absolute atomic E-state index is 12.3. The van der Waals surface area contributed by atoms with Crippen molar-refractivity contribution in [3.05, 3.63) is 0 Å². The second-order valence-electron chi connectivity index (χ2n) is 6.09. The number of carboxylic acid groups (broad SMARTS) is 2. The van der Waals surface area contributed by atoms with Gasteiger partial charge in [-0.05, 0) is 20.3 Å². The van der Waals surface area contributed by atoms with Crippen LogP contribution in [0.5, 0.6) is 0 Å². The number of amides is 3. The highest BCUT2D eigenvalue weighted by atomic mass is 16.4. The van der Waals surface area contributed by atoms with Gasteiger partial charge in [0.05, 0.1) is 18.8 Å². The molecule has 5 unspecified atom stereocenters. The molecule has 9 N–H and O–H groups in total. The van der Waals surface area contributed by atoms with E-state index in [0.29, 0.717) is 0 Å². The van der Waals surface area contributed by atoms with E-state index in [1.165, 1.54) is 6.92 Å². The van der Waals surface area contributed by atoms with Crippen LogP contribution in [0, 0.1) is 0 Å². The molecule has 160 valence electrons. The van der Waals surface area contributed by atoms with Crippen molar-refractivity contribution in [1.82, 2.24) is 16.0 Å². The number of hydrogen-bond acceptors (Lipinski definition) is 8. The van der Waals surface area contributed by atoms with Crippen LogP contribution in [-0.2, 0) is 24.0 Å². The fourth-order valence-corrected chi connectivity index (χ4v) is 1.95. The summed E-state index contributed by atoms with van der Waals surface area (Å²) in [5.74, 6) is -5.63. The molecule has 0 aromatic carbocycles. The average Bonchev–Trinajstić information content (AvgIpc) is 2.59. The summed E-state index contributed by atoms with van der Waals surface area (Å²) in [6.07, 6.45) is -2.41. The van der Waals surface area contributed by atoms with Gasteiger partial charge in [0.1, 0.15) is 12.1 Å². The summed E-state index contributed by atoms with van der Waals surface area (Å²) >= 11 is 0. The lowest BCUT2D eigenvalue weighted by Crippen LogP contribution is -2.58. The van der Waals surface area contributed by atoms with Crippen LogP contribution < -0.4 is 21.7 Å². The Balaban J connectivity index is 5.29. The molecule has 0 aliphatic rings. The second kappa shape index (κ2) is 11.8. The number of carbonyl (C=O) groups excluding carboxylic acids is 3. The predicted molar refractivity (Wildman–Crippen MR) is 92.7 cm³/mol. The van der Waals surface area contributed by atoms with E-state index in [9.17, 15) is 34.2 Å². The Bertz CT molecular complexity index is 594. The van der Waals surface area contributed by atoms with E-state index in [4.69, 9.17) is 15.9 Å². The van der Waals surface area contributed by atoms with Crippen LogP contribution in [0.4, 0.5) is 0 Å². The number of nitrogens with one attached hydrogen (secondary N) is 3. The van der Waals surface area contributed by atoms with E-state index in [0.717, 1.165) is 6.92 Å². The lowest BCUT2D eigenvalue weighted by atomic mass is 10.1. The molecule has 13 nitrogen and oxygen atoms in total. The number of aliphatic hydroxyl groups is 2. The highest BCUT2D eigenvalue weighted by molar-refractivity contribution is 5.94. The van der Waals surface area contributed by atoms with Gasteiger partial charge in [-0.2, -0.15) is 0 Å². The normalized spacial score (nSPS) is 16.0. The molecule has 0 heterocycles. The van der Waals surface area contributed by atoms with E-state index in [2.05, 4.69) is 10.6 Å². The first kappa shape index (κ1) is 25.2. The van der Waals surface area contributed by atoms with E-state index < -0.39 is 79.4 Å². The zero-order valence-corrected chi connectivity index (χ0v) is 15.4. The quantitative estimate of drug-likeness (QED) is 0.157. The second-order valence-corrected chi connectivity index (χ2v) is 6.09. The zero-order chi connectivity index (χ0) is 22.0. The predicted octanol–water partition coefficient (Wildman–Crippen LogP) is -3.89. The Morgan fingerprint density at radius 3 is 1.79 bits per heavy atom. The van der Waals surface area contributed by atoms with Crippen LogP contribution >= 0.6 is 0 Å². The molecule has 28 heavy (non-hydrogen) atoms. The van der Waals surface area contributed by atoms with E-state index in [1.54, 1.807) is 0 Å². The van der Waals surface area contributed by atoms with Gasteiger partial charge in [-0.3, -0.25) is 19.2 Å². The van der Waals surface area contributed by atoms with Crippen molar-refractivity contribution in [2.75, 3.05) is 6.61 Å². The van der Waals surface area contributed by atoms with Crippen molar-refractivity contribution < 1.29 is 44.4 Å². The minimum Gasteiger partial charge on any atom is -0.481 e. The number of carboxylic acids is 2. The molecule has 0 rings (SSSR count). The molecular weight excluding hydrogens is 380 g/mol. The number of rotatable bonds is 12. The minimum atomic E-state index is -1.69. The summed E-state index contributed by atoms with van der Waals surface area (Å²) < 4.78 is 0. The van der Waals surface area contributed by atoms with Crippen LogP contribution in [0.1, 0.15) is 26.7 Å². The number of aliphatic hydroxyl groups excluding tert-OH is 2. The van der Waals surface area contributed by atoms with Gasteiger partial charge in [0.25, 0.3) is 0 Å². The third kappa shape index (κ3) is 8.75. The SMILES string of the molecule is CC(N)C(=O)NC(CO)C(=O)NC(CCC(=O)O)C(=O)NC(C(=O)O)C(C)O. The third-order valence-corrected chi connectivity index (χ3v) is 3.56. The van der Waals surface area contributed by atoms with Gasteiger partial charge in [0, 0.05) is 6.42 Å². The monoisotopic (exact) mass is 406 g/mol. The first-order valence-corrected chi connectivity index (χ1v) is 8.30. The van der Waals surface area contributed by atoms with Crippen molar-refractivity contribution in [3.8, 4) is 0 Å². The Morgan fingerprint density at radius 2 is 1.39 bits per heavy atom. The van der Waals surface area contributed by atoms with Crippen LogP contribution in [0.25, 0.3) is 0 Å². The Kier molecular flexibility index (Phi) is 10.7. The lowest BCUT2D eigenvalue weighted by molar-refractivity contribution is -0.145. The summed E-state index contributed by atoms with van der Waals surface area (Å²) in [4.78, 5) is 57.9. The van der Waals surface area contributed by atoms with E-state index in [-0.39, 0.29) is 0 Å². The van der Waals surface area contributed by atoms with Gasteiger partial charge >= 0.3 is 11.9 Å². The molecule has 0 spiro atoms. The van der Waals surface area contributed by atoms with E-state index in [1.807, 2.05) is 5.32 Å². The van der Waals surface area contributed by atoms with Gasteiger partial charge < -0.3 is 42.1 Å². The molecule has 13 heteroatoms. The van der Waals surface area contributed by atoms with Gasteiger partial charge in [-0.15, -0.1) is 0 Å². The van der Waals surface area contributed by atoms with Gasteiger partial charge in [-0.1, -0.05) is 0 Å². The highest BCUT2D eigenvalue weighted by Crippen LogP contribution is 2.02. The summed E-state index contributed by atoms with van der Waals surface area (Å²) in [5.41, 5.74) is 5.35. The third-order valence-electron chi connectivity index (χ3n) is 3.56. The fraction of sp³-hybridized carbons (Fsp3) is 0.667. The maximum Gasteiger partial charge on any atom is 0.328 e. The molecule has 0 saturated heterocycles. The lowest BCUT2D eigenvalue weighted by Gasteiger charge is -2.24. The number of hydrogen-bond donors (Lipinski definition) is 8. The van der Waals surface area contributed by atoms with Crippen LogP contribution in [0.3, 0.4) is 0 Å². The van der Waals surface area contributed by atoms with E-state index >= 15 is 0 Å². The van der Waals surface area contributed by atoms with Crippen molar-refractivity contribution in [2.45, 2.75) is 57.0 Å². The van der Waals surface area contributed by atoms with Crippen molar-refractivity contribution in [1.29, 1.82) is 0 Å². The summed E-state index contributed by atoms with van der Waals surface area (Å²) in [7, 11) is 0. The summed E-state index contributed by atoms with van der Waals surface area (Å²) in [5, 5.41) is 42.8. The average molecular weight is 406 g/mol. The van der Waals surface area contributed by atoms with Crippen molar-refractivity contribution >= 4 is 29.7 Å². The molecule has 3 amide bonds. The molecule has 0 radical (unpaired) electrons. The first-order valence-electron chi connectivity index (χ1n) is 8.30. The molecule has 0 fully saturated rings. The van der Waals surface area contributed by atoms with Crippen LogP contribution in [0.15, 0.2) is 0 Å². The molecule has 0 aromatic rings. The molecule has 0 saturated carbocycles. The van der Waals surface area contributed by atoms with Crippen molar-refractivity contribution in [2.24, 2.45) is 5.73 Å². The summed E-state index contributed by atoms with van der Waals surface area (Å²) in [6, 6.07) is -5.63. The smallest absolute Gasteiger partial charge is 0.328 e. The van der Waals surface area contributed by atoms with Crippen LogP contribution in [-0.4, -0.2) is 87.0 Å². The first-order chi connectivity index (χ1) is 12.9. The molecular formula is C15H26N4O9. The van der Waals surface area contributed by atoms with Gasteiger partial charge in [0.15, 0.2) is 6.04 Å². The largest absolute Gasteiger partial charge is 0.481 e. The van der Waals surface area contributed by atoms with Crippen molar-refractivity contribution in [3.63, 3.8) is 0 Å².